The molecule has 1 aliphatic heterocycles. The van der Waals surface area contributed by atoms with Crippen molar-refractivity contribution in [2.75, 3.05) is 39.1 Å². The van der Waals surface area contributed by atoms with Gasteiger partial charge >= 0.3 is 6.07 Å². The highest BCUT2D eigenvalue weighted by molar-refractivity contribution is 7.20. The van der Waals surface area contributed by atoms with Crippen molar-refractivity contribution in [3.63, 3.8) is 0 Å². The number of ether oxygens (including phenoxy) is 1. The third kappa shape index (κ3) is 3.47. The summed E-state index contributed by atoms with van der Waals surface area (Å²) in [5, 5.41) is 0.707. The molecule has 1 fully saturated rings. The third-order valence-electron chi connectivity index (χ3n) is 4.29. The van der Waals surface area contributed by atoms with Gasteiger partial charge in [0.15, 0.2) is 5.82 Å². The zero-order chi connectivity index (χ0) is 18.8. The fourth-order valence-corrected chi connectivity index (χ4v) is 3.96. The number of nitrogens with two attached hydrogens (primary N) is 1. The molecule has 1 aliphatic rings. The molecule has 2 N–H and O–H groups in total. The van der Waals surface area contributed by atoms with Crippen LogP contribution in [0.4, 0.5) is 5.82 Å². The van der Waals surface area contributed by atoms with Gasteiger partial charge in [0.25, 0.3) is 13.0 Å². The van der Waals surface area contributed by atoms with Crippen LogP contribution < -0.4 is 5.73 Å². The number of morpholine rings is 1. The Bertz CT molecular complexity index is 1080. The minimum atomic E-state index is -0.0157. The summed E-state index contributed by atoms with van der Waals surface area (Å²) in [5.74, 6) is 0.871. The van der Waals surface area contributed by atoms with E-state index in [1.807, 2.05) is 24.3 Å². The Morgan fingerprint density at radius 2 is 2.11 bits per heavy atom. The minimum absolute atomic E-state index is 0.0157. The Morgan fingerprint density at radius 1 is 1.30 bits per heavy atom. The number of fused-ring (bicyclic) bond motifs is 1. The van der Waals surface area contributed by atoms with Gasteiger partial charge in [-0.25, -0.2) is 9.97 Å². The number of rotatable bonds is 2. The van der Waals surface area contributed by atoms with Gasteiger partial charge in [-0.1, -0.05) is 17.0 Å². The van der Waals surface area contributed by atoms with Crippen molar-refractivity contribution in [3.8, 4) is 17.5 Å². The Hall–Kier alpha value is -3.02. The molecule has 4 rings (SSSR count). The summed E-state index contributed by atoms with van der Waals surface area (Å²) in [7, 11) is 1.67. The first kappa shape index (κ1) is 17.4. The van der Waals surface area contributed by atoms with Crippen LogP contribution >= 0.6 is 11.3 Å². The van der Waals surface area contributed by atoms with Gasteiger partial charge in [0.1, 0.15) is 16.2 Å². The fourth-order valence-electron chi connectivity index (χ4n) is 2.96. The smallest absolute Gasteiger partial charge is 0.310 e. The highest BCUT2D eigenvalue weighted by atomic mass is 32.1. The standard InChI is InChI=1S/C19H17N5O2S/c1-21-11-12-3-2-4-13(9-12)17-22-16(20)14-10-15(27-18(14)23-17)19(25)24-5-7-26-8-6-24/h2-4,9-10H,5-8H2,1H3,(H-,20,22,23,25)/p+1. The Kier molecular flexibility index (Phi) is 4.71. The SMILES string of the molecule is C[N+]#Cc1cccc(-c2nc(N)c3cc(C(=O)N4CCOCC4)sc3n2)c1. The minimum Gasteiger partial charge on any atom is -0.383 e. The van der Waals surface area contributed by atoms with Crippen molar-refractivity contribution < 1.29 is 9.53 Å². The number of nitrogen functional groups attached to an aromatic ring is 1. The summed E-state index contributed by atoms with van der Waals surface area (Å²) >= 11 is 1.34. The topological polar surface area (TPSA) is 85.7 Å². The summed E-state index contributed by atoms with van der Waals surface area (Å²) in [6.45, 7) is 2.33. The number of anilines is 1. The molecule has 0 spiro atoms. The molecule has 0 unspecified atom stereocenters. The van der Waals surface area contributed by atoms with E-state index >= 15 is 0 Å². The fraction of sp³-hybridized carbons (Fsp3) is 0.263. The maximum Gasteiger partial charge on any atom is 0.310 e. The Labute approximate surface area is 160 Å². The highest BCUT2D eigenvalue weighted by Crippen LogP contribution is 2.31. The molecule has 0 radical (unpaired) electrons. The Morgan fingerprint density at radius 3 is 2.89 bits per heavy atom. The molecular weight excluding hydrogens is 362 g/mol. The second-order valence-electron chi connectivity index (χ2n) is 6.08. The lowest BCUT2D eigenvalue weighted by atomic mass is 10.1. The summed E-state index contributed by atoms with van der Waals surface area (Å²) in [6, 6.07) is 12.3. The molecule has 0 atom stereocenters. The predicted octanol–water partition coefficient (Wildman–Crippen LogP) is 2.72. The molecule has 2 aromatic heterocycles. The first-order valence-electron chi connectivity index (χ1n) is 8.55. The molecule has 1 aromatic carbocycles. The molecule has 1 saturated heterocycles. The maximum atomic E-state index is 12.7. The summed E-state index contributed by atoms with van der Waals surface area (Å²) in [4.78, 5) is 28.8. The first-order valence-corrected chi connectivity index (χ1v) is 9.36. The number of carbonyl (C=O) groups is 1. The lowest BCUT2D eigenvalue weighted by molar-refractivity contribution is 0.0306. The summed E-state index contributed by atoms with van der Waals surface area (Å²) < 4.78 is 5.31. The maximum absolute atomic E-state index is 12.7. The number of benzene rings is 1. The van der Waals surface area contributed by atoms with E-state index in [4.69, 9.17) is 10.5 Å². The Balaban J connectivity index is 1.72. The number of aromatic nitrogens is 2. The monoisotopic (exact) mass is 380 g/mol. The van der Waals surface area contributed by atoms with Crippen LogP contribution in [0.25, 0.3) is 26.4 Å². The second-order valence-corrected chi connectivity index (χ2v) is 7.11. The van der Waals surface area contributed by atoms with Gasteiger partial charge in [0.05, 0.1) is 23.5 Å². The van der Waals surface area contributed by atoms with Crippen LogP contribution in [0.3, 0.4) is 0 Å². The second kappa shape index (κ2) is 7.31. The highest BCUT2D eigenvalue weighted by Gasteiger charge is 2.22. The number of thiophene rings is 1. The number of amides is 1. The van der Waals surface area contributed by atoms with Crippen molar-refractivity contribution >= 4 is 33.3 Å². The van der Waals surface area contributed by atoms with E-state index in [9.17, 15) is 4.79 Å². The molecule has 3 aromatic rings. The van der Waals surface area contributed by atoms with E-state index in [0.29, 0.717) is 53.0 Å². The van der Waals surface area contributed by atoms with Crippen molar-refractivity contribution in [1.29, 1.82) is 0 Å². The molecule has 0 saturated carbocycles. The zero-order valence-corrected chi connectivity index (χ0v) is 15.6. The van der Waals surface area contributed by atoms with Crippen LogP contribution in [-0.2, 0) is 4.74 Å². The lowest BCUT2D eigenvalue weighted by Gasteiger charge is -2.26. The normalized spacial score (nSPS) is 14.0. The van der Waals surface area contributed by atoms with Crippen molar-refractivity contribution in [1.82, 2.24) is 14.9 Å². The predicted molar refractivity (Wildman–Crippen MR) is 106 cm³/mol. The summed E-state index contributed by atoms with van der Waals surface area (Å²) in [5.41, 5.74) is 7.82. The number of nitrogens with zero attached hydrogens (tertiary/aromatic N) is 4. The largest absolute Gasteiger partial charge is 0.383 e. The average molecular weight is 380 g/mol. The third-order valence-corrected chi connectivity index (χ3v) is 5.31. The molecule has 136 valence electrons. The molecule has 3 heterocycles. The van der Waals surface area contributed by atoms with Crippen molar-refractivity contribution in [3.05, 3.63) is 45.6 Å². The van der Waals surface area contributed by atoms with Crippen LogP contribution in [0.1, 0.15) is 15.2 Å². The van der Waals surface area contributed by atoms with Crippen LogP contribution in [0.2, 0.25) is 0 Å². The van der Waals surface area contributed by atoms with Gasteiger partial charge in [-0.3, -0.25) is 4.79 Å². The molecular formula is C19H18N5O2S+. The molecule has 27 heavy (non-hydrogen) atoms. The molecule has 8 heteroatoms. The van der Waals surface area contributed by atoms with Crippen LogP contribution in [0.5, 0.6) is 0 Å². The van der Waals surface area contributed by atoms with Crippen molar-refractivity contribution in [2.45, 2.75) is 0 Å². The average Bonchev–Trinajstić information content (AvgIpc) is 3.13. The van der Waals surface area contributed by atoms with Crippen molar-refractivity contribution in [2.24, 2.45) is 0 Å². The number of hydrogen-bond acceptors (Lipinski definition) is 6. The number of carbonyl (C=O) groups excluding carboxylic acids is 1. The first-order chi connectivity index (χ1) is 13.2. The molecule has 7 nitrogen and oxygen atoms in total. The number of hydrogen-bond donors (Lipinski definition) is 1. The van der Waals surface area contributed by atoms with E-state index in [2.05, 4.69) is 20.9 Å². The van der Waals surface area contributed by atoms with Crippen LogP contribution in [-0.4, -0.2) is 54.1 Å². The van der Waals surface area contributed by atoms with E-state index < -0.39 is 0 Å². The van der Waals surface area contributed by atoms with Gasteiger partial charge in [-0.05, 0) is 18.2 Å². The molecule has 0 aliphatic carbocycles. The van der Waals surface area contributed by atoms with Crippen LogP contribution in [0.15, 0.2) is 30.3 Å². The zero-order valence-electron chi connectivity index (χ0n) is 14.8. The van der Waals surface area contributed by atoms with E-state index in [1.165, 1.54) is 11.3 Å². The van der Waals surface area contributed by atoms with E-state index in [1.54, 1.807) is 18.0 Å². The van der Waals surface area contributed by atoms with Gasteiger partial charge in [0.2, 0.25) is 0 Å². The van der Waals surface area contributed by atoms with Gasteiger partial charge in [-0.15, -0.1) is 11.3 Å². The van der Waals surface area contributed by atoms with Crippen LogP contribution in [0, 0.1) is 6.07 Å². The van der Waals surface area contributed by atoms with Gasteiger partial charge in [-0.2, -0.15) is 0 Å². The lowest BCUT2D eigenvalue weighted by Crippen LogP contribution is -2.40. The van der Waals surface area contributed by atoms with Gasteiger partial charge < -0.3 is 15.4 Å². The summed E-state index contributed by atoms with van der Waals surface area (Å²) in [6.07, 6.45) is 0. The quantitative estimate of drug-likeness (QED) is 0.739. The van der Waals surface area contributed by atoms with E-state index in [-0.39, 0.29) is 5.91 Å². The van der Waals surface area contributed by atoms with E-state index in [0.717, 1.165) is 11.1 Å². The molecule has 0 bridgehead atoms. The van der Waals surface area contributed by atoms with Gasteiger partial charge in [0, 0.05) is 18.7 Å². The molecule has 1 amide bonds.